The van der Waals surface area contributed by atoms with E-state index in [9.17, 15) is 4.79 Å². The van der Waals surface area contributed by atoms with Gasteiger partial charge in [-0.2, -0.15) is 4.98 Å². The van der Waals surface area contributed by atoms with Gasteiger partial charge in [0.25, 0.3) is 5.91 Å². The van der Waals surface area contributed by atoms with Gasteiger partial charge in [-0.05, 0) is 38.4 Å². The molecule has 0 radical (unpaired) electrons. The molecule has 3 atom stereocenters. The Kier molecular flexibility index (Phi) is 4.21. The molecule has 3 aliphatic heterocycles. The normalized spacial score (nSPS) is 28.0. The highest BCUT2D eigenvalue weighted by Crippen LogP contribution is 2.44. The van der Waals surface area contributed by atoms with E-state index in [0.717, 1.165) is 51.0 Å². The minimum atomic E-state index is 0.0857. The first-order valence-electron chi connectivity index (χ1n) is 9.75. The molecule has 4 heterocycles. The quantitative estimate of drug-likeness (QED) is 0.827. The zero-order chi connectivity index (χ0) is 18.4. The number of hydrogen-bond acceptors (Lipinski definition) is 6. The van der Waals surface area contributed by atoms with Crippen LogP contribution in [0.5, 0.6) is 0 Å². The maximum absolute atomic E-state index is 12.6. The summed E-state index contributed by atoms with van der Waals surface area (Å²) in [5, 5.41) is 4.14. The molecule has 3 aliphatic rings. The number of aromatic nitrogens is 2. The summed E-state index contributed by atoms with van der Waals surface area (Å²) in [6.07, 6.45) is 3.79. The van der Waals surface area contributed by atoms with Gasteiger partial charge in [0.15, 0.2) is 0 Å². The van der Waals surface area contributed by atoms with Crippen LogP contribution < -0.4 is 0 Å². The number of nitrogens with zero attached hydrogens (tertiary/aromatic N) is 4. The average molecular weight is 368 g/mol. The number of fused-ring (bicyclic) bond motifs is 2. The number of rotatable bonds is 3. The second kappa shape index (κ2) is 6.73. The third-order valence-corrected chi connectivity index (χ3v) is 6.05. The van der Waals surface area contributed by atoms with Crippen LogP contribution in [-0.4, -0.2) is 71.3 Å². The number of carbonyl (C=O) groups excluding carboxylic acids is 1. The number of benzene rings is 1. The summed E-state index contributed by atoms with van der Waals surface area (Å²) in [5.74, 6) is 1.56. The number of piperazine rings is 1. The summed E-state index contributed by atoms with van der Waals surface area (Å²) in [6.45, 7) is 3.39. The SMILES string of the molecule is CN1CCN(C(=O)c2ccc(-c3noc([C@@H]4C[C@H]5CC[C@@H]4O5)n3)cc2)CC1. The number of likely N-dealkylation sites (N-methyl/N-ethyl adjacent to an activating group) is 1. The highest BCUT2D eigenvalue weighted by molar-refractivity contribution is 5.94. The van der Waals surface area contributed by atoms with E-state index in [1.54, 1.807) is 0 Å². The molecule has 0 spiro atoms. The Balaban J connectivity index is 1.29. The van der Waals surface area contributed by atoms with Crippen LogP contribution in [0.2, 0.25) is 0 Å². The van der Waals surface area contributed by atoms with Crippen molar-refractivity contribution in [2.75, 3.05) is 33.2 Å². The van der Waals surface area contributed by atoms with Gasteiger partial charge in [0.05, 0.1) is 18.1 Å². The van der Waals surface area contributed by atoms with Crippen LogP contribution in [0, 0.1) is 0 Å². The molecule has 0 aliphatic carbocycles. The molecule has 3 fully saturated rings. The number of amides is 1. The molecule has 5 rings (SSSR count). The van der Waals surface area contributed by atoms with Crippen molar-refractivity contribution in [3.05, 3.63) is 35.7 Å². The number of hydrogen-bond donors (Lipinski definition) is 0. The first-order valence-corrected chi connectivity index (χ1v) is 9.75. The Morgan fingerprint density at radius 1 is 1.11 bits per heavy atom. The average Bonchev–Trinajstić information content (AvgIpc) is 3.45. The minimum Gasteiger partial charge on any atom is -0.374 e. The molecule has 2 aromatic rings. The van der Waals surface area contributed by atoms with Gasteiger partial charge in [0.2, 0.25) is 11.7 Å². The van der Waals surface area contributed by atoms with Gasteiger partial charge in [-0.1, -0.05) is 17.3 Å². The summed E-state index contributed by atoms with van der Waals surface area (Å²) >= 11 is 0. The lowest BCUT2D eigenvalue weighted by molar-refractivity contribution is 0.0664. The van der Waals surface area contributed by atoms with Crippen molar-refractivity contribution in [1.29, 1.82) is 0 Å². The fraction of sp³-hybridized carbons (Fsp3) is 0.550. The van der Waals surface area contributed by atoms with Crippen LogP contribution in [0.1, 0.15) is 41.4 Å². The molecule has 2 bridgehead atoms. The molecule has 0 unspecified atom stereocenters. The second-order valence-electron chi connectivity index (χ2n) is 7.85. The first-order chi connectivity index (χ1) is 13.2. The van der Waals surface area contributed by atoms with Gasteiger partial charge in [-0.3, -0.25) is 4.79 Å². The molecule has 1 amide bonds. The molecule has 3 saturated heterocycles. The Morgan fingerprint density at radius 2 is 1.89 bits per heavy atom. The third kappa shape index (κ3) is 3.15. The van der Waals surface area contributed by atoms with Crippen molar-refractivity contribution in [2.45, 2.75) is 37.4 Å². The van der Waals surface area contributed by atoms with Gasteiger partial charge < -0.3 is 19.1 Å². The smallest absolute Gasteiger partial charge is 0.253 e. The van der Waals surface area contributed by atoms with E-state index in [-0.39, 0.29) is 17.9 Å². The predicted octanol–water partition coefficient (Wildman–Crippen LogP) is 2.16. The van der Waals surface area contributed by atoms with Crippen LogP contribution >= 0.6 is 0 Å². The molecule has 1 aromatic heterocycles. The van der Waals surface area contributed by atoms with Crippen LogP contribution in [0.25, 0.3) is 11.4 Å². The minimum absolute atomic E-state index is 0.0857. The highest BCUT2D eigenvalue weighted by Gasteiger charge is 2.44. The summed E-state index contributed by atoms with van der Waals surface area (Å²) in [5.41, 5.74) is 1.57. The van der Waals surface area contributed by atoms with E-state index in [0.29, 0.717) is 23.4 Å². The summed E-state index contributed by atoms with van der Waals surface area (Å²) in [6, 6.07) is 7.50. The van der Waals surface area contributed by atoms with Crippen molar-refractivity contribution < 1.29 is 14.1 Å². The van der Waals surface area contributed by atoms with Gasteiger partial charge in [0.1, 0.15) is 0 Å². The number of ether oxygens (including phenoxy) is 1. The first kappa shape index (κ1) is 16.9. The van der Waals surface area contributed by atoms with Crippen molar-refractivity contribution >= 4 is 5.91 Å². The fourth-order valence-electron chi connectivity index (χ4n) is 4.35. The molecule has 7 heteroatoms. The maximum Gasteiger partial charge on any atom is 0.253 e. The van der Waals surface area contributed by atoms with Crippen molar-refractivity contribution in [2.24, 2.45) is 0 Å². The van der Waals surface area contributed by atoms with E-state index in [2.05, 4.69) is 22.1 Å². The van der Waals surface area contributed by atoms with E-state index < -0.39 is 0 Å². The molecule has 142 valence electrons. The lowest BCUT2D eigenvalue weighted by atomic mass is 9.89. The topological polar surface area (TPSA) is 71.7 Å². The standard InChI is InChI=1S/C20H24N4O3/c1-23-8-10-24(11-9-23)20(25)14-4-2-13(3-5-14)18-21-19(27-22-18)16-12-15-6-7-17(16)26-15/h2-5,15-17H,6-12H2,1H3/t15-,16-,17+/m1/s1. The van der Waals surface area contributed by atoms with Crippen molar-refractivity contribution in [3.8, 4) is 11.4 Å². The molecule has 7 nitrogen and oxygen atoms in total. The zero-order valence-corrected chi connectivity index (χ0v) is 15.5. The Bertz CT molecular complexity index is 826. The summed E-state index contributed by atoms with van der Waals surface area (Å²) in [7, 11) is 2.08. The summed E-state index contributed by atoms with van der Waals surface area (Å²) in [4.78, 5) is 21.4. The molecular weight excluding hydrogens is 344 g/mol. The van der Waals surface area contributed by atoms with E-state index in [1.165, 1.54) is 0 Å². The van der Waals surface area contributed by atoms with Crippen LogP contribution in [0.3, 0.4) is 0 Å². The largest absolute Gasteiger partial charge is 0.374 e. The van der Waals surface area contributed by atoms with E-state index >= 15 is 0 Å². The molecule has 0 saturated carbocycles. The van der Waals surface area contributed by atoms with Crippen molar-refractivity contribution in [1.82, 2.24) is 19.9 Å². The molecule has 27 heavy (non-hydrogen) atoms. The van der Waals surface area contributed by atoms with Gasteiger partial charge in [-0.15, -0.1) is 0 Å². The zero-order valence-electron chi connectivity index (χ0n) is 15.5. The lowest BCUT2D eigenvalue weighted by Crippen LogP contribution is -2.47. The van der Waals surface area contributed by atoms with Crippen LogP contribution in [-0.2, 0) is 4.74 Å². The van der Waals surface area contributed by atoms with Crippen molar-refractivity contribution in [3.63, 3.8) is 0 Å². The van der Waals surface area contributed by atoms with E-state index in [1.807, 2.05) is 29.2 Å². The monoisotopic (exact) mass is 368 g/mol. The maximum atomic E-state index is 12.6. The van der Waals surface area contributed by atoms with Gasteiger partial charge in [0, 0.05) is 37.3 Å². The van der Waals surface area contributed by atoms with Crippen LogP contribution in [0.15, 0.2) is 28.8 Å². The lowest BCUT2D eigenvalue weighted by Gasteiger charge is -2.32. The molecule has 0 N–H and O–H groups in total. The van der Waals surface area contributed by atoms with Crippen LogP contribution in [0.4, 0.5) is 0 Å². The summed E-state index contributed by atoms with van der Waals surface area (Å²) < 4.78 is 11.4. The molecular formula is C20H24N4O3. The Morgan fingerprint density at radius 3 is 2.56 bits per heavy atom. The predicted molar refractivity (Wildman–Crippen MR) is 98.4 cm³/mol. The third-order valence-electron chi connectivity index (χ3n) is 6.05. The Hall–Kier alpha value is -2.25. The fourth-order valence-corrected chi connectivity index (χ4v) is 4.35. The Labute approximate surface area is 158 Å². The highest BCUT2D eigenvalue weighted by atomic mass is 16.5. The molecule has 1 aromatic carbocycles. The van der Waals surface area contributed by atoms with E-state index in [4.69, 9.17) is 9.26 Å². The van der Waals surface area contributed by atoms with Gasteiger partial charge >= 0.3 is 0 Å². The van der Waals surface area contributed by atoms with Gasteiger partial charge in [-0.25, -0.2) is 0 Å². The second-order valence-corrected chi connectivity index (χ2v) is 7.85. The number of carbonyl (C=O) groups is 1.